The molecular weight excluding hydrogens is 288 g/mol. The van der Waals surface area contributed by atoms with Crippen molar-refractivity contribution in [1.29, 1.82) is 0 Å². The maximum Gasteiger partial charge on any atom is 0.221 e. The number of carbonyl (C=O) groups excluding carboxylic acids is 1. The fourth-order valence-corrected chi connectivity index (χ4v) is 2.28. The molecule has 2 aromatic rings. The van der Waals surface area contributed by atoms with Crippen molar-refractivity contribution < 1.29 is 9.53 Å². The summed E-state index contributed by atoms with van der Waals surface area (Å²) < 4.78 is 5.68. The Balaban J connectivity index is 1.87. The Morgan fingerprint density at radius 3 is 2.71 bits per heavy atom. The zero-order chi connectivity index (χ0) is 14.8. The number of nitrogens with one attached hydrogen (secondary N) is 1. The number of carbonyl (C=O) groups is 1. The topological polar surface area (TPSA) is 50.7 Å². The number of nitrogens with zero attached hydrogens (tertiary/aromatic N) is 1. The zero-order valence-electron chi connectivity index (χ0n) is 11.4. The highest BCUT2D eigenvalue weighted by Gasteiger charge is 2.14. The van der Waals surface area contributed by atoms with Crippen molar-refractivity contribution in [1.82, 2.24) is 0 Å². The molecule has 0 aromatic heterocycles. The number of hydrogen-bond acceptors (Lipinski definition) is 3. The summed E-state index contributed by atoms with van der Waals surface area (Å²) in [6, 6.07) is 12.9. The van der Waals surface area contributed by atoms with E-state index in [1.54, 1.807) is 12.1 Å². The highest BCUT2D eigenvalue weighted by atomic mass is 35.5. The second kappa shape index (κ2) is 5.58. The Bertz CT molecular complexity index is 724. The normalized spacial score (nSPS) is 13.0. The van der Waals surface area contributed by atoms with Gasteiger partial charge in [0.2, 0.25) is 5.91 Å². The first-order chi connectivity index (χ1) is 10.1. The van der Waals surface area contributed by atoms with Crippen LogP contribution < -0.4 is 10.1 Å². The second-order valence-corrected chi connectivity index (χ2v) is 5.15. The van der Waals surface area contributed by atoms with Gasteiger partial charge in [0.1, 0.15) is 18.0 Å². The Morgan fingerprint density at radius 2 is 2.00 bits per heavy atom. The number of benzene rings is 2. The van der Waals surface area contributed by atoms with Gasteiger partial charge in [0, 0.05) is 23.7 Å². The largest absolute Gasteiger partial charge is 0.485 e. The fraction of sp³-hybridized carbons (Fsp3) is 0.125. The molecule has 4 nitrogen and oxygen atoms in total. The van der Waals surface area contributed by atoms with Crippen LogP contribution >= 0.6 is 11.6 Å². The standard InChI is InChI=1S/C16H13ClN2O2/c1-10(20)18-13-5-2-11(3-6-13)15-9-21-16-8-12(17)4-7-14(16)19-15/h2-8H,9H2,1H3,(H,18,20). The van der Waals surface area contributed by atoms with Crippen molar-refractivity contribution in [3.8, 4) is 5.75 Å². The summed E-state index contributed by atoms with van der Waals surface area (Å²) in [6.45, 7) is 1.88. The van der Waals surface area contributed by atoms with Gasteiger partial charge in [0.05, 0.1) is 5.71 Å². The Kier molecular flexibility index (Phi) is 3.62. The number of aliphatic imine (C=N–C) groups is 1. The third-order valence-electron chi connectivity index (χ3n) is 3.08. The molecule has 21 heavy (non-hydrogen) atoms. The van der Waals surface area contributed by atoms with E-state index in [-0.39, 0.29) is 5.91 Å². The summed E-state index contributed by atoms with van der Waals surface area (Å²) in [6.07, 6.45) is 0. The predicted octanol–water partition coefficient (Wildman–Crippen LogP) is 3.81. The lowest BCUT2D eigenvalue weighted by Gasteiger charge is -2.17. The van der Waals surface area contributed by atoms with Gasteiger partial charge in [-0.05, 0) is 29.8 Å². The molecule has 0 atom stereocenters. The first-order valence-electron chi connectivity index (χ1n) is 6.50. The number of hydrogen-bond donors (Lipinski definition) is 1. The van der Waals surface area contributed by atoms with Crippen molar-refractivity contribution in [2.24, 2.45) is 4.99 Å². The molecule has 0 radical (unpaired) electrons. The Morgan fingerprint density at radius 1 is 1.24 bits per heavy atom. The number of amides is 1. The number of ether oxygens (including phenoxy) is 1. The summed E-state index contributed by atoms with van der Waals surface area (Å²) >= 11 is 5.93. The molecule has 5 heteroatoms. The Labute approximate surface area is 127 Å². The highest BCUT2D eigenvalue weighted by Crippen LogP contribution is 2.34. The van der Waals surface area contributed by atoms with Crippen molar-refractivity contribution in [2.45, 2.75) is 6.92 Å². The van der Waals surface area contributed by atoms with Crippen molar-refractivity contribution in [3.05, 3.63) is 53.1 Å². The van der Waals surface area contributed by atoms with Gasteiger partial charge in [-0.3, -0.25) is 4.79 Å². The molecule has 0 saturated carbocycles. The summed E-state index contributed by atoms with van der Waals surface area (Å²) in [5, 5.41) is 3.36. The van der Waals surface area contributed by atoms with Gasteiger partial charge in [-0.1, -0.05) is 23.7 Å². The molecule has 0 fully saturated rings. The molecule has 1 aliphatic rings. The van der Waals surface area contributed by atoms with E-state index in [2.05, 4.69) is 10.3 Å². The van der Waals surface area contributed by atoms with Crippen LogP contribution in [0.5, 0.6) is 5.75 Å². The third kappa shape index (κ3) is 3.06. The first kappa shape index (κ1) is 13.6. The van der Waals surface area contributed by atoms with Crippen LogP contribution in [0.3, 0.4) is 0 Å². The van der Waals surface area contributed by atoms with Gasteiger partial charge >= 0.3 is 0 Å². The number of anilines is 1. The van der Waals surface area contributed by atoms with E-state index in [4.69, 9.17) is 16.3 Å². The van der Waals surface area contributed by atoms with E-state index < -0.39 is 0 Å². The molecule has 106 valence electrons. The van der Waals surface area contributed by atoms with Crippen LogP contribution in [0.4, 0.5) is 11.4 Å². The highest BCUT2D eigenvalue weighted by molar-refractivity contribution is 6.30. The summed E-state index contributed by atoms with van der Waals surface area (Å²) in [5.41, 5.74) is 3.34. The molecule has 1 amide bonds. The summed E-state index contributed by atoms with van der Waals surface area (Å²) in [7, 11) is 0. The molecule has 1 heterocycles. The minimum Gasteiger partial charge on any atom is -0.485 e. The minimum absolute atomic E-state index is 0.0908. The van der Waals surface area contributed by atoms with Crippen LogP contribution in [0, 0.1) is 0 Å². The van der Waals surface area contributed by atoms with Crippen LogP contribution in [0.1, 0.15) is 12.5 Å². The summed E-state index contributed by atoms with van der Waals surface area (Å²) in [4.78, 5) is 15.6. The quantitative estimate of drug-likeness (QED) is 0.917. The predicted molar refractivity (Wildman–Crippen MR) is 83.9 cm³/mol. The van der Waals surface area contributed by atoms with E-state index in [1.165, 1.54) is 6.92 Å². The molecule has 0 saturated heterocycles. The lowest BCUT2D eigenvalue weighted by molar-refractivity contribution is -0.114. The van der Waals surface area contributed by atoms with E-state index in [1.807, 2.05) is 30.3 Å². The average Bonchev–Trinajstić information content (AvgIpc) is 2.47. The van der Waals surface area contributed by atoms with Gasteiger partial charge in [-0.25, -0.2) is 4.99 Å². The molecular formula is C16H13ClN2O2. The molecule has 0 spiro atoms. The lowest BCUT2D eigenvalue weighted by Crippen LogP contribution is -2.16. The average molecular weight is 301 g/mol. The Hall–Kier alpha value is -2.33. The van der Waals surface area contributed by atoms with Crippen LogP contribution in [-0.2, 0) is 4.79 Å². The van der Waals surface area contributed by atoms with E-state index >= 15 is 0 Å². The maximum atomic E-state index is 11.0. The molecule has 0 bridgehead atoms. The van der Waals surface area contributed by atoms with E-state index in [0.29, 0.717) is 17.4 Å². The van der Waals surface area contributed by atoms with Gasteiger partial charge in [0.25, 0.3) is 0 Å². The minimum atomic E-state index is -0.0908. The number of fused-ring (bicyclic) bond motifs is 1. The van der Waals surface area contributed by atoms with Gasteiger partial charge in [-0.2, -0.15) is 0 Å². The number of halogens is 1. The zero-order valence-corrected chi connectivity index (χ0v) is 12.1. The van der Waals surface area contributed by atoms with Crippen LogP contribution in [0.25, 0.3) is 0 Å². The van der Waals surface area contributed by atoms with E-state index in [9.17, 15) is 4.79 Å². The maximum absolute atomic E-state index is 11.0. The molecule has 1 aliphatic heterocycles. The van der Waals surface area contributed by atoms with Crippen LogP contribution in [0.2, 0.25) is 5.02 Å². The molecule has 2 aromatic carbocycles. The number of rotatable bonds is 2. The van der Waals surface area contributed by atoms with Gasteiger partial charge in [0.15, 0.2) is 0 Å². The fourth-order valence-electron chi connectivity index (χ4n) is 2.12. The molecule has 0 unspecified atom stereocenters. The molecule has 3 rings (SSSR count). The van der Waals surface area contributed by atoms with Crippen molar-refractivity contribution in [2.75, 3.05) is 11.9 Å². The smallest absolute Gasteiger partial charge is 0.221 e. The van der Waals surface area contributed by atoms with Gasteiger partial charge in [-0.15, -0.1) is 0 Å². The molecule has 1 N–H and O–H groups in total. The molecule has 0 aliphatic carbocycles. The van der Waals surface area contributed by atoms with Gasteiger partial charge < -0.3 is 10.1 Å². The lowest BCUT2D eigenvalue weighted by atomic mass is 10.1. The second-order valence-electron chi connectivity index (χ2n) is 4.72. The van der Waals surface area contributed by atoms with Crippen LogP contribution in [-0.4, -0.2) is 18.2 Å². The van der Waals surface area contributed by atoms with E-state index in [0.717, 1.165) is 22.6 Å². The summed E-state index contributed by atoms with van der Waals surface area (Å²) in [5.74, 6) is 0.605. The first-order valence-corrected chi connectivity index (χ1v) is 6.87. The van der Waals surface area contributed by atoms with Crippen molar-refractivity contribution >= 4 is 34.6 Å². The van der Waals surface area contributed by atoms with Crippen molar-refractivity contribution in [3.63, 3.8) is 0 Å². The third-order valence-corrected chi connectivity index (χ3v) is 3.32. The monoisotopic (exact) mass is 300 g/mol. The SMILES string of the molecule is CC(=O)Nc1ccc(C2=Nc3ccc(Cl)cc3OC2)cc1. The van der Waals surface area contributed by atoms with Crippen LogP contribution in [0.15, 0.2) is 47.5 Å².